The first-order chi connectivity index (χ1) is 14.1. The van der Waals surface area contributed by atoms with Crippen molar-refractivity contribution in [2.45, 2.75) is 38.1 Å². The Balaban J connectivity index is 1.84. The Morgan fingerprint density at radius 1 is 1.24 bits per heavy atom. The number of aryl methyl sites for hydroxylation is 1. The number of carbonyl (C=O) groups excluding carboxylic acids is 1. The number of nitriles is 1. The van der Waals surface area contributed by atoms with Gasteiger partial charge in [-0.15, -0.1) is 0 Å². The summed E-state index contributed by atoms with van der Waals surface area (Å²) in [7, 11) is 6.00. The molecule has 0 saturated carbocycles. The molecule has 1 aliphatic carbocycles. The number of rotatable bonds is 10. The molecule has 2 aromatic rings. The van der Waals surface area contributed by atoms with Crippen LogP contribution in [0, 0.1) is 17.2 Å². The number of nitrogens with zero attached hydrogens (tertiary/aromatic N) is 2. The second-order valence-electron chi connectivity index (χ2n) is 8.22. The molecule has 4 heteroatoms. The van der Waals surface area contributed by atoms with Crippen LogP contribution in [0.5, 0.6) is 0 Å². The van der Waals surface area contributed by atoms with Crippen molar-refractivity contribution >= 4 is 22.6 Å². The molecular weight excluding hydrogens is 358 g/mol. The highest BCUT2D eigenvalue weighted by molar-refractivity contribution is 6.00. The average molecular weight is 390 g/mol. The highest BCUT2D eigenvalue weighted by atomic mass is 16.1. The zero-order valence-corrected chi connectivity index (χ0v) is 17.7. The molecule has 3 rings (SSSR count). The largest absolute Gasteiger partial charge is 0.309 e. The van der Waals surface area contributed by atoms with Gasteiger partial charge in [-0.1, -0.05) is 36.4 Å². The van der Waals surface area contributed by atoms with Gasteiger partial charge in [0, 0.05) is 5.92 Å². The zero-order valence-electron chi connectivity index (χ0n) is 17.7. The van der Waals surface area contributed by atoms with E-state index in [-0.39, 0.29) is 12.0 Å². The summed E-state index contributed by atoms with van der Waals surface area (Å²) in [5.41, 5.74) is 5.02. The monoisotopic (exact) mass is 389 g/mol. The molecule has 0 heterocycles. The molecule has 0 amide bonds. The SMILES string of the molecule is CN[C@H](C#N)CCC(C=O)C1=CCc2ccc3cc(CCCN(C)C)ccc3c21. The molecule has 0 saturated heterocycles. The van der Waals surface area contributed by atoms with Gasteiger partial charge in [0.15, 0.2) is 0 Å². The molecule has 1 aliphatic rings. The second-order valence-corrected chi connectivity index (χ2v) is 8.22. The van der Waals surface area contributed by atoms with Crippen LogP contribution >= 0.6 is 0 Å². The Kier molecular flexibility index (Phi) is 7.19. The van der Waals surface area contributed by atoms with Gasteiger partial charge in [-0.05, 0) is 92.8 Å². The first-order valence-electron chi connectivity index (χ1n) is 10.5. The smallest absolute Gasteiger partial charge is 0.127 e. The predicted molar refractivity (Wildman–Crippen MR) is 120 cm³/mol. The van der Waals surface area contributed by atoms with E-state index >= 15 is 0 Å². The summed E-state index contributed by atoms with van der Waals surface area (Å²) in [5, 5.41) is 14.7. The van der Waals surface area contributed by atoms with E-state index in [1.807, 2.05) is 0 Å². The number of allylic oxidation sites excluding steroid dienone is 2. The number of nitrogens with one attached hydrogen (secondary N) is 1. The normalized spacial score (nSPS) is 15.1. The lowest BCUT2D eigenvalue weighted by molar-refractivity contribution is -0.109. The summed E-state index contributed by atoms with van der Waals surface area (Å²) >= 11 is 0. The van der Waals surface area contributed by atoms with Crippen molar-refractivity contribution in [3.05, 3.63) is 53.1 Å². The summed E-state index contributed by atoms with van der Waals surface area (Å²) in [5.74, 6) is -0.161. The predicted octanol–water partition coefficient (Wildman–Crippen LogP) is 3.98. The lowest BCUT2D eigenvalue weighted by atomic mass is 9.87. The molecule has 0 radical (unpaired) electrons. The van der Waals surface area contributed by atoms with Crippen molar-refractivity contribution in [3.8, 4) is 6.07 Å². The molecule has 0 aromatic heterocycles. The van der Waals surface area contributed by atoms with Crippen molar-refractivity contribution in [1.29, 1.82) is 5.26 Å². The van der Waals surface area contributed by atoms with Crippen molar-refractivity contribution in [1.82, 2.24) is 10.2 Å². The molecule has 4 nitrogen and oxygen atoms in total. The topological polar surface area (TPSA) is 56.1 Å². The fourth-order valence-electron chi connectivity index (χ4n) is 4.27. The van der Waals surface area contributed by atoms with Crippen LogP contribution in [0.25, 0.3) is 16.3 Å². The Labute approximate surface area is 174 Å². The van der Waals surface area contributed by atoms with E-state index < -0.39 is 0 Å². The third-order valence-electron chi connectivity index (χ3n) is 5.91. The second kappa shape index (κ2) is 9.82. The van der Waals surface area contributed by atoms with Gasteiger partial charge >= 0.3 is 0 Å². The van der Waals surface area contributed by atoms with Crippen LogP contribution in [0.4, 0.5) is 0 Å². The number of benzene rings is 2. The average Bonchev–Trinajstić information content (AvgIpc) is 3.15. The van der Waals surface area contributed by atoms with E-state index in [2.05, 4.69) is 66.8 Å². The molecule has 29 heavy (non-hydrogen) atoms. The third-order valence-corrected chi connectivity index (χ3v) is 5.91. The highest BCUT2D eigenvalue weighted by Crippen LogP contribution is 2.39. The van der Waals surface area contributed by atoms with E-state index in [0.29, 0.717) is 12.8 Å². The Morgan fingerprint density at radius 2 is 2.07 bits per heavy atom. The van der Waals surface area contributed by atoms with E-state index in [1.54, 1.807) is 7.05 Å². The molecule has 152 valence electrons. The van der Waals surface area contributed by atoms with Gasteiger partial charge in [0.05, 0.1) is 12.1 Å². The van der Waals surface area contributed by atoms with Crippen molar-refractivity contribution in [2.24, 2.45) is 5.92 Å². The third kappa shape index (κ3) is 4.93. The van der Waals surface area contributed by atoms with E-state index in [9.17, 15) is 10.1 Å². The van der Waals surface area contributed by atoms with Crippen LogP contribution in [-0.4, -0.2) is 44.9 Å². The quantitative estimate of drug-likeness (QED) is 0.625. The van der Waals surface area contributed by atoms with Crippen LogP contribution in [0.1, 0.15) is 36.0 Å². The minimum absolute atomic E-state index is 0.161. The summed E-state index contributed by atoms with van der Waals surface area (Å²) in [6.07, 6.45) is 7.71. The first kappa shape index (κ1) is 21.2. The van der Waals surface area contributed by atoms with Gasteiger partial charge < -0.3 is 15.0 Å². The van der Waals surface area contributed by atoms with Crippen LogP contribution in [0.3, 0.4) is 0 Å². The zero-order chi connectivity index (χ0) is 20.8. The number of hydrogen-bond acceptors (Lipinski definition) is 4. The van der Waals surface area contributed by atoms with Gasteiger partial charge in [0.2, 0.25) is 0 Å². The maximum Gasteiger partial charge on any atom is 0.127 e. The van der Waals surface area contributed by atoms with Crippen LogP contribution < -0.4 is 5.32 Å². The molecule has 1 N–H and O–H groups in total. The van der Waals surface area contributed by atoms with Gasteiger partial charge in [-0.3, -0.25) is 0 Å². The maximum atomic E-state index is 11.9. The Bertz CT molecular complexity index is 939. The van der Waals surface area contributed by atoms with Gasteiger partial charge in [-0.25, -0.2) is 0 Å². The fraction of sp³-hybridized carbons (Fsp3) is 0.440. The minimum atomic E-state index is -0.212. The van der Waals surface area contributed by atoms with Crippen molar-refractivity contribution in [2.75, 3.05) is 27.7 Å². The maximum absolute atomic E-state index is 11.9. The van der Waals surface area contributed by atoms with E-state index in [4.69, 9.17) is 0 Å². The van der Waals surface area contributed by atoms with Gasteiger partial charge in [-0.2, -0.15) is 5.26 Å². The standard InChI is InChI=1S/C25H31N3O/c1-27-22(16-26)11-9-21(17-29)24-13-10-19-7-8-20-15-18(5-4-14-28(2)3)6-12-23(20)25(19)24/h6-8,12-13,15,17,21-22,27H,4-5,9-11,14H2,1-3H3/t21?,22-/m0/s1. The first-order valence-corrected chi connectivity index (χ1v) is 10.5. The number of hydrogen-bond donors (Lipinski definition) is 1. The minimum Gasteiger partial charge on any atom is -0.309 e. The van der Waals surface area contributed by atoms with Crippen molar-refractivity contribution in [3.63, 3.8) is 0 Å². The van der Waals surface area contributed by atoms with E-state index in [0.717, 1.165) is 37.7 Å². The van der Waals surface area contributed by atoms with Gasteiger partial charge in [0.25, 0.3) is 0 Å². The van der Waals surface area contributed by atoms with Crippen molar-refractivity contribution < 1.29 is 4.79 Å². The molecule has 0 aliphatic heterocycles. The number of aldehydes is 1. The Hall–Kier alpha value is -2.48. The molecular formula is C25H31N3O. The molecule has 0 spiro atoms. The summed E-state index contributed by atoms with van der Waals surface area (Å²) in [6, 6.07) is 13.2. The van der Waals surface area contributed by atoms with Crippen LogP contribution in [-0.2, 0) is 17.6 Å². The summed E-state index contributed by atoms with van der Waals surface area (Å²) in [6.45, 7) is 1.09. The lowest BCUT2D eigenvalue weighted by Gasteiger charge is -2.17. The highest BCUT2D eigenvalue weighted by Gasteiger charge is 2.24. The van der Waals surface area contributed by atoms with Crippen LogP contribution in [0.15, 0.2) is 36.4 Å². The lowest BCUT2D eigenvalue weighted by Crippen LogP contribution is -2.24. The van der Waals surface area contributed by atoms with Gasteiger partial charge in [0.1, 0.15) is 6.29 Å². The molecule has 0 fully saturated rings. The summed E-state index contributed by atoms with van der Waals surface area (Å²) < 4.78 is 0. The van der Waals surface area contributed by atoms with Crippen LogP contribution in [0.2, 0.25) is 0 Å². The summed E-state index contributed by atoms with van der Waals surface area (Å²) in [4.78, 5) is 14.1. The molecule has 2 aromatic carbocycles. The molecule has 2 atom stereocenters. The Morgan fingerprint density at radius 3 is 2.76 bits per heavy atom. The van der Waals surface area contributed by atoms with E-state index in [1.165, 1.54) is 27.5 Å². The fourth-order valence-corrected chi connectivity index (χ4v) is 4.27. The number of fused-ring (bicyclic) bond motifs is 3. The number of carbonyl (C=O) groups is 1. The molecule has 1 unspecified atom stereocenters. The molecule has 0 bridgehead atoms.